The molecule has 1 atom stereocenters. The predicted molar refractivity (Wildman–Crippen MR) is 69.0 cm³/mol. The van der Waals surface area contributed by atoms with Crippen molar-refractivity contribution in [3.05, 3.63) is 29.8 Å². The van der Waals surface area contributed by atoms with Gasteiger partial charge in [-0.15, -0.1) is 0 Å². The van der Waals surface area contributed by atoms with Crippen LogP contribution in [0.2, 0.25) is 0 Å². The summed E-state index contributed by atoms with van der Waals surface area (Å²) in [7, 11) is 1.94. The second-order valence-corrected chi connectivity index (χ2v) is 4.36. The molecule has 0 radical (unpaired) electrons. The van der Waals surface area contributed by atoms with Crippen molar-refractivity contribution >= 4 is 11.6 Å². The van der Waals surface area contributed by atoms with Gasteiger partial charge in [0.25, 0.3) is 0 Å². The lowest BCUT2D eigenvalue weighted by atomic mass is 10.1. The quantitative estimate of drug-likeness (QED) is 0.809. The second kappa shape index (κ2) is 5.19. The van der Waals surface area contributed by atoms with Gasteiger partial charge in [-0.05, 0) is 31.7 Å². The Labute approximate surface area is 102 Å². The van der Waals surface area contributed by atoms with Gasteiger partial charge >= 0.3 is 0 Å². The molecule has 0 aliphatic carbocycles. The average Bonchev–Trinajstić information content (AvgIpc) is 2.34. The molecular weight excluding hydrogens is 214 g/mol. The number of benzene rings is 1. The number of nitrogens with one attached hydrogen (secondary N) is 2. The van der Waals surface area contributed by atoms with Crippen molar-refractivity contribution in [1.29, 1.82) is 0 Å². The van der Waals surface area contributed by atoms with Crippen molar-refractivity contribution in [2.45, 2.75) is 19.5 Å². The first-order valence-corrected chi connectivity index (χ1v) is 6.00. The summed E-state index contributed by atoms with van der Waals surface area (Å²) in [4.78, 5) is 13.7. The van der Waals surface area contributed by atoms with Crippen molar-refractivity contribution in [1.82, 2.24) is 10.6 Å². The fraction of sp³-hybridized carbons (Fsp3) is 0.462. The molecule has 17 heavy (non-hydrogen) atoms. The van der Waals surface area contributed by atoms with Crippen LogP contribution in [0.25, 0.3) is 0 Å². The minimum Gasteiger partial charge on any atom is -0.358 e. The van der Waals surface area contributed by atoms with E-state index in [1.165, 1.54) is 5.56 Å². The molecule has 2 rings (SSSR count). The number of hydrogen-bond acceptors (Lipinski definition) is 3. The van der Waals surface area contributed by atoms with Gasteiger partial charge in [-0.25, -0.2) is 0 Å². The van der Waals surface area contributed by atoms with Gasteiger partial charge < -0.3 is 15.5 Å². The molecule has 1 aliphatic heterocycles. The van der Waals surface area contributed by atoms with Crippen LogP contribution in [-0.4, -0.2) is 32.1 Å². The van der Waals surface area contributed by atoms with Crippen molar-refractivity contribution < 1.29 is 4.79 Å². The summed E-state index contributed by atoms with van der Waals surface area (Å²) < 4.78 is 0. The highest BCUT2D eigenvalue weighted by Crippen LogP contribution is 2.19. The standard InChI is InChI=1S/C13H19N3O/c1-10-13(17)15-7-8-16(10)12-5-3-11(4-6-12)9-14-2/h3-6,10,14H,7-9H2,1-2H3,(H,15,17). The minimum atomic E-state index is -0.0844. The largest absolute Gasteiger partial charge is 0.358 e. The number of amides is 1. The molecule has 1 aliphatic rings. The number of rotatable bonds is 3. The summed E-state index contributed by atoms with van der Waals surface area (Å²) in [5.74, 6) is 0.107. The third-order valence-corrected chi connectivity index (χ3v) is 3.15. The molecule has 1 saturated heterocycles. The fourth-order valence-corrected chi connectivity index (χ4v) is 2.14. The van der Waals surface area contributed by atoms with Crippen LogP contribution in [0.5, 0.6) is 0 Å². The van der Waals surface area contributed by atoms with Gasteiger partial charge in [-0.3, -0.25) is 4.79 Å². The van der Waals surface area contributed by atoms with Gasteiger partial charge in [-0.1, -0.05) is 12.1 Å². The second-order valence-electron chi connectivity index (χ2n) is 4.36. The van der Waals surface area contributed by atoms with E-state index in [4.69, 9.17) is 0 Å². The van der Waals surface area contributed by atoms with Crippen LogP contribution in [0.3, 0.4) is 0 Å². The summed E-state index contributed by atoms with van der Waals surface area (Å²) >= 11 is 0. The molecule has 92 valence electrons. The summed E-state index contributed by atoms with van der Waals surface area (Å²) in [5, 5.41) is 5.99. The van der Waals surface area contributed by atoms with E-state index < -0.39 is 0 Å². The Balaban J connectivity index is 2.13. The molecule has 2 N–H and O–H groups in total. The lowest BCUT2D eigenvalue weighted by Gasteiger charge is -2.34. The zero-order chi connectivity index (χ0) is 12.3. The topological polar surface area (TPSA) is 44.4 Å². The van der Waals surface area contributed by atoms with Crippen LogP contribution in [0.15, 0.2) is 24.3 Å². The van der Waals surface area contributed by atoms with Gasteiger partial charge in [0.2, 0.25) is 5.91 Å². The molecule has 0 bridgehead atoms. The van der Waals surface area contributed by atoms with E-state index in [1.807, 2.05) is 14.0 Å². The highest BCUT2D eigenvalue weighted by atomic mass is 16.2. The first-order valence-electron chi connectivity index (χ1n) is 6.00. The Morgan fingerprint density at radius 1 is 1.41 bits per heavy atom. The highest BCUT2D eigenvalue weighted by molar-refractivity contribution is 5.86. The van der Waals surface area contributed by atoms with Crippen LogP contribution < -0.4 is 15.5 Å². The molecule has 4 nitrogen and oxygen atoms in total. The third-order valence-electron chi connectivity index (χ3n) is 3.15. The maximum absolute atomic E-state index is 11.6. The van der Waals surface area contributed by atoms with E-state index in [2.05, 4.69) is 39.8 Å². The van der Waals surface area contributed by atoms with Crippen molar-refractivity contribution in [2.24, 2.45) is 0 Å². The third kappa shape index (κ3) is 2.58. The van der Waals surface area contributed by atoms with Crippen molar-refractivity contribution in [2.75, 3.05) is 25.0 Å². The molecule has 1 fully saturated rings. The first-order chi connectivity index (χ1) is 8.22. The van der Waals surface area contributed by atoms with Gasteiger partial charge in [0, 0.05) is 25.3 Å². The molecule has 1 unspecified atom stereocenters. The first kappa shape index (κ1) is 11.9. The molecule has 4 heteroatoms. The zero-order valence-corrected chi connectivity index (χ0v) is 10.4. The number of anilines is 1. The van der Waals surface area contributed by atoms with Crippen LogP contribution >= 0.6 is 0 Å². The van der Waals surface area contributed by atoms with Crippen LogP contribution in [0, 0.1) is 0 Å². The Bertz CT molecular complexity index is 388. The number of piperazine rings is 1. The van der Waals surface area contributed by atoms with E-state index in [0.717, 1.165) is 25.3 Å². The lowest BCUT2D eigenvalue weighted by molar-refractivity contribution is -0.122. The van der Waals surface area contributed by atoms with Crippen molar-refractivity contribution in [3.8, 4) is 0 Å². The molecule has 0 aromatic heterocycles. The zero-order valence-electron chi connectivity index (χ0n) is 10.4. The number of nitrogens with zero attached hydrogens (tertiary/aromatic N) is 1. The molecule has 1 heterocycles. The van der Waals surface area contributed by atoms with Gasteiger partial charge in [-0.2, -0.15) is 0 Å². The van der Waals surface area contributed by atoms with Crippen LogP contribution in [0.4, 0.5) is 5.69 Å². The predicted octanol–water partition coefficient (Wildman–Crippen LogP) is 0.731. The van der Waals surface area contributed by atoms with E-state index in [-0.39, 0.29) is 11.9 Å². The smallest absolute Gasteiger partial charge is 0.242 e. The van der Waals surface area contributed by atoms with Crippen LogP contribution in [-0.2, 0) is 11.3 Å². The molecule has 1 amide bonds. The molecule has 1 aromatic rings. The van der Waals surface area contributed by atoms with Crippen molar-refractivity contribution in [3.63, 3.8) is 0 Å². The molecule has 1 aromatic carbocycles. The van der Waals surface area contributed by atoms with Gasteiger partial charge in [0.05, 0.1) is 0 Å². The maximum Gasteiger partial charge on any atom is 0.242 e. The van der Waals surface area contributed by atoms with E-state index >= 15 is 0 Å². The summed E-state index contributed by atoms with van der Waals surface area (Å²) in [6.45, 7) is 4.41. The summed E-state index contributed by atoms with van der Waals surface area (Å²) in [5.41, 5.74) is 2.37. The van der Waals surface area contributed by atoms with Gasteiger partial charge in [0.15, 0.2) is 0 Å². The molecule has 0 spiro atoms. The van der Waals surface area contributed by atoms with Gasteiger partial charge in [0.1, 0.15) is 6.04 Å². The number of hydrogen-bond donors (Lipinski definition) is 2. The van der Waals surface area contributed by atoms with Crippen LogP contribution in [0.1, 0.15) is 12.5 Å². The summed E-state index contributed by atoms with van der Waals surface area (Å²) in [6.07, 6.45) is 0. The normalized spacial score (nSPS) is 20.2. The van der Waals surface area contributed by atoms with E-state index in [0.29, 0.717) is 0 Å². The Morgan fingerprint density at radius 2 is 2.12 bits per heavy atom. The Morgan fingerprint density at radius 3 is 2.76 bits per heavy atom. The average molecular weight is 233 g/mol. The summed E-state index contributed by atoms with van der Waals surface area (Å²) in [6, 6.07) is 8.29. The Kier molecular flexibility index (Phi) is 3.64. The number of carbonyl (C=O) groups excluding carboxylic acids is 1. The fourth-order valence-electron chi connectivity index (χ4n) is 2.14. The number of carbonyl (C=O) groups is 1. The monoisotopic (exact) mass is 233 g/mol. The van der Waals surface area contributed by atoms with E-state index in [1.54, 1.807) is 0 Å². The molecular formula is C13H19N3O. The Hall–Kier alpha value is -1.55. The molecule has 0 saturated carbocycles. The maximum atomic E-state index is 11.6. The lowest BCUT2D eigenvalue weighted by Crippen LogP contribution is -2.54. The SMILES string of the molecule is CNCc1ccc(N2CCNC(=O)C2C)cc1. The highest BCUT2D eigenvalue weighted by Gasteiger charge is 2.25. The minimum absolute atomic E-state index is 0.0844. The van der Waals surface area contributed by atoms with E-state index in [9.17, 15) is 4.79 Å².